The fourth-order valence-electron chi connectivity index (χ4n) is 4.84. The number of likely N-dealkylation sites (tertiary alicyclic amines) is 1. The number of alkyl halides is 1. The highest BCUT2D eigenvalue weighted by Crippen LogP contribution is 2.35. The first-order chi connectivity index (χ1) is 14.9. The molecule has 8 heteroatoms. The van der Waals surface area contributed by atoms with Gasteiger partial charge in [-0.3, -0.25) is 0 Å². The number of fused-ring (bicyclic) bond motifs is 1. The second-order valence-corrected chi connectivity index (χ2v) is 9.08. The highest BCUT2D eigenvalue weighted by Gasteiger charge is 2.30. The van der Waals surface area contributed by atoms with Gasteiger partial charge in [0.2, 0.25) is 0 Å². The molecule has 2 saturated heterocycles. The molecule has 31 heavy (non-hydrogen) atoms. The van der Waals surface area contributed by atoms with Crippen molar-refractivity contribution in [2.75, 3.05) is 45.2 Å². The predicted octanol–water partition coefficient (Wildman–Crippen LogP) is 3.35. The number of rotatable bonds is 4. The summed E-state index contributed by atoms with van der Waals surface area (Å²) < 4.78 is 22.1. The van der Waals surface area contributed by atoms with Crippen LogP contribution in [0.5, 0.6) is 6.01 Å². The minimum Gasteiger partial charge on any atom is -0.467 e. The summed E-state index contributed by atoms with van der Waals surface area (Å²) in [6.45, 7) is 7.61. The molecule has 0 N–H and O–H groups in total. The topological polar surface area (TPSA) is 59.3 Å². The van der Waals surface area contributed by atoms with Gasteiger partial charge in [-0.15, -0.1) is 0 Å². The summed E-state index contributed by atoms with van der Waals surface area (Å²) >= 11 is 0. The number of piperidine rings is 1. The van der Waals surface area contributed by atoms with E-state index in [1.54, 1.807) is 7.11 Å². The van der Waals surface area contributed by atoms with Crippen molar-refractivity contribution in [1.82, 2.24) is 24.6 Å². The first kappa shape index (κ1) is 20.2. The fraction of sp³-hybridized carbons (Fsp3) is 0.522. The quantitative estimate of drug-likeness (QED) is 0.640. The third-order valence-electron chi connectivity index (χ3n) is 6.57. The van der Waals surface area contributed by atoms with Gasteiger partial charge in [0.15, 0.2) is 5.82 Å². The molecular weight excluding hydrogens is 395 g/mol. The third kappa shape index (κ3) is 3.63. The zero-order valence-electron chi connectivity index (χ0n) is 18.5. The zero-order valence-corrected chi connectivity index (χ0v) is 18.5. The average Bonchev–Trinajstić information content (AvgIpc) is 3.13. The zero-order chi connectivity index (χ0) is 21.7. The van der Waals surface area contributed by atoms with Crippen LogP contribution in [0.25, 0.3) is 16.7 Å². The Balaban J connectivity index is 1.57. The Labute approximate surface area is 181 Å². The van der Waals surface area contributed by atoms with Crippen LogP contribution in [0.3, 0.4) is 0 Å². The summed E-state index contributed by atoms with van der Waals surface area (Å²) in [6.07, 6.45) is 1.79. The smallest absolute Gasteiger partial charge is 0.320 e. The van der Waals surface area contributed by atoms with Crippen LogP contribution >= 0.6 is 0 Å². The lowest BCUT2D eigenvalue weighted by atomic mass is 9.85. The minimum absolute atomic E-state index is 0.0954. The van der Waals surface area contributed by atoms with E-state index in [0.717, 1.165) is 53.9 Å². The molecule has 4 heterocycles. The number of hydrogen-bond donors (Lipinski definition) is 0. The van der Waals surface area contributed by atoms with Crippen molar-refractivity contribution in [2.24, 2.45) is 5.92 Å². The van der Waals surface area contributed by atoms with Gasteiger partial charge in [0, 0.05) is 37.0 Å². The average molecular weight is 425 g/mol. The highest BCUT2D eigenvalue weighted by atomic mass is 19.1. The van der Waals surface area contributed by atoms with E-state index in [9.17, 15) is 4.39 Å². The van der Waals surface area contributed by atoms with Crippen LogP contribution in [0.4, 0.5) is 10.2 Å². The molecule has 0 radical (unpaired) electrons. The van der Waals surface area contributed by atoms with Gasteiger partial charge < -0.3 is 14.5 Å². The highest BCUT2D eigenvalue weighted by molar-refractivity contribution is 5.82. The molecule has 2 atom stereocenters. The summed E-state index contributed by atoms with van der Waals surface area (Å²) in [5.74, 6) is 2.06. The van der Waals surface area contributed by atoms with Crippen LogP contribution in [0.2, 0.25) is 0 Å². The van der Waals surface area contributed by atoms with Crippen molar-refractivity contribution in [3.05, 3.63) is 35.5 Å². The lowest BCUT2D eigenvalue weighted by Gasteiger charge is -2.38. The van der Waals surface area contributed by atoms with Crippen LogP contribution in [-0.2, 0) is 0 Å². The van der Waals surface area contributed by atoms with Crippen molar-refractivity contribution < 1.29 is 9.13 Å². The summed E-state index contributed by atoms with van der Waals surface area (Å²) in [5.41, 5.74) is 3.10. The minimum atomic E-state index is -0.870. The maximum atomic E-state index is 14.9. The number of nitrogens with zero attached hydrogens (tertiary/aromatic N) is 6. The number of aromatic nitrogens is 4. The molecule has 1 aromatic carbocycles. The Morgan fingerprint density at radius 1 is 1.10 bits per heavy atom. The molecule has 2 aliphatic rings. The molecule has 0 aliphatic carbocycles. The third-order valence-corrected chi connectivity index (χ3v) is 6.57. The summed E-state index contributed by atoms with van der Waals surface area (Å²) in [5, 5.41) is 5.62. The lowest BCUT2D eigenvalue weighted by molar-refractivity contribution is 0.139. The van der Waals surface area contributed by atoms with Crippen LogP contribution in [0, 0.1) is 12.8 Å². The van der Waals surface area contributed by atoms with Gasteiger partial charge in [-0.25, -0.2) is 9.07 Å². The molecule has 0 unspecified atom stereocenters. The summed E-state index contributed by atoms with van der Waals surface area (Å²) in [7, 11) is 3.55. The van der Waals surface area contributed by atoms with Gasteiger partial charge in [-0.2, -0.15) is 15.1 Å². The predicted molar refractivity (Wildman–Crippen MR) is 119 cm³/mol. The van der Waals surface area contributed by atoms with E-state index in [0.29, 0.717) is 24.3 Å². The number of benzene rings is 1. The van der Waals surface area contributed by atoms with Crippen molar-refractivity contribution in [3.63, 3.8) is 0 Å². The SMILES string of the molecule is COc1nc(N2CC(C)C2)cc(-n2ncc3cc(C)c([C@H]4CCN(C)C[C@H]4F)cc32)n1. The van der Waals surface area contributed by atoms with Crippen molar-refractivity contribution in [1.29, 1.82) is 0 Å². The Morgan fingerprint density at radius 2 is 1.87 bits per heavy atom. The first-order valence-electron chi connectivity index (χ1n) is 10.9. The molecule has 3 aromatic rings. The second kappa shape index (κ2) is 7.75. The Morgan fingerprint density at radius 3 is 2.58 bits per heavy atom. The maximum Gasteiger partial charge on any atom is 0.320 e. The van der Waals surface area contributed by atoms with Crippen LogP contribution in [0.1, 0.15) is 30.4 Å². The number of anilines is 1. The van der Waals surface area contributed by atoms with Gasteiger partial charge >= 0.3 is 6.01 Å². The Hall–Kier alpha value is -2.74. The second-order valence-electron chi connectivity index (χ2n) is 9.08. The Bertz CT molecular complexity index is 1110. The number of hydrogen-bond acceptors (Lipinski definition) is 6. The monoisotopic (exact) mass is 424 g/mol. The Kier molecular flexibility index (Phi) is 5.04. The summed E-state index contributed by atoms with van der Waals surface area (Å²) in [6, 6.07) is 6.48. The molecule has 2 aliphatic heterocycles. The number of ether oxygens (including phenoxy) is 1. The molecule has 2 aromatic heterocycles. The van der Waals surface area contributed by atoms with Crippen LogP contribution < -0.4 is 9.64 Å². The van der Waals surface area contributed by atoms with Gasteiger partial charge in [0.1, 0.15) is 12.0 Å². The standard InChI is InChI=1S/C23H29FN6O/c1-14-11-29(12-14)21-9-22(27-23(26-21)31-4)30-20-8-18(15(2)7-16(20)10-25-30)17-5-6-28(3)13-19(17)24/h7-10,14,17,19H,5-6,11-13H2,1-4H3/t17-,19-/m1/s1. The number of aryl methyl sites for hydroxylation is 1. The van der Waals surface area contributed by atoms with Crippen LogP contribution in [0.15, 0.2) is 24.4 Å². The van der Waals surface area contributed by atoms with E-state index in [2.05, 4.69) is 50.8 Å². The van der Waals surface area contributed by atoms with Gasteiger partial charge in [-0.05, 0) is 56.1 Å². The molecule has 0 amide bonds. The summed E-state index contributed by atoms with van der Waals surface area (Å²) in [4.78, 5) is 13.3. The number of halogens is 1. The van der Waals surface area contributed by atoms with Crippen LogP contribution in [-0.4, -0.2) is 71.2 Å². The van der Waals surface area contributed by atoms with E-state index in [1.165, 1.54) is 0 Å². The fourth-order valence-corrected chi connectivity index (χ4v) is 4.84. The van der Waals surface area contributed by atoms with Gasteiger partial charge in [0.25, 0.3) is 0 Å². The van der Waals surface area contributed by atoms with Gasteiger partial charge in [0.05, 0.1) is 18.8 Å². The van der Waals surface area contributed by atoms with Crippen molar-refractivity contribution in [2.45, 2.75) is 32.4 Å². The molecule has 0 spiro atoms. The molecule has 164 valence electrons. The molecule has 5 rings (SSSR count). The van der Waals surface area contributed by atoms with E-state index in [1.807, 2.05) is 24.0 Å². The number of methoxy groups -OCH3 is 1. The van der Waals surface area contributed by atoms with E-state index in [4.69, 9.17) is 4.74 Å². The van der Waals surface area contributed by atoms with Crippen molar-refractivity contribution in [3.8, 4) is 11.8 Å². The van der Waals surface area contributed by atoms with E-state index >= 15 is 0 Å². The normalized spacial score (nSPS) is 22.7. The molecular formula is C23H29FN6O. The molecule has 7 nitrogen and oxygen atoms in total. The van der Waals surface area contributed by atoms with E-state index in [-0.39, 0.29) is 5.92 Å². The molecule has 0 saturated carbocycles. The van der Waals surface area contributed by atoms with E-state index < -0.39 is 6.17 Å². The first-order valence-corrected chi connectivity index (χ1v) is 10.9. The molecule has 2 fully saturated rings. The maximum absolute atomic E-state index is 14.9. The van der Waals surface area contributed by atoms with Gasteiger partial charge in [-0.1, -0.05) is 6.92 Å². The van der Waals surface area contributed by atoms with Crippen molar-refractivity contribution >= 4 is 16.7 Å². The lowest BCUT2D eigenvalue weighted by Crippen LogP contribution is -2.45. The largest absolute Gasteiger partial charge is 0.467 e. The molecule has 0 bridgehead atoms.